The molecule has 1 fully saturated rings. The zero-order valence-corrected chi connectivity index (χ0v) is 13.7. The molecule has 0 aliphatic heterocycles. The molecule has 5 nitrogen and oxygen atoms in total. The first-order chi connectivity index (χ1) is 11.0. The fourth-order valence-electron chi connectivity index (χ4n) is 2.72. The molecule has 23 heavy (non-hydrogen) atoms. The van der Waals surface area contributed by atoms with Gasteiger partial charge in [0.25, 0.3) is 5.91 Å². The molecule has 0 aromatic heterocycles. The Morgan fingerprint density at radius 2 is 1.96 bits per heavy atom. The van der Waals surface area contributed by atoms with E-state index in [1.165, 1.54) is 0 Å². The summed E-state index contributed by atoms with van der Waals surface area (Å²) in [6, 6.07) is 7.02. The number of hydrogen-bond acceptors (Lipinski definition) is 3. The largest absolute Gasteiger partial charge is 0.494 e. The van der Waals surface area contributed by atoms with Gasteiger partial charge in [0.15, 0.2) is 0 Å². The van der Waals surface area contributed by atoms with E-state index in [1.54, 1.807) is 24.3 Å². The number of carboxylic acids is 1. The Morgan fingerprint density at radius 1 is 1.26 bits per heavy atom. The number of hydrogen-bond donors (Lipinski definition) is 2. The monoisotopic (exact) mass is 319 g/mol. The number of aliphatic carboxylic acids is 1. The second-order valence-corrected chi connectivity index (χ2v) is 6.57. The second-order valence-electron chi connectivity index (χ2n) is 6.57. The van der Waals surface area contributed by atoms with Crippen LogP contribution in [0.25, 0.3) is 0 Å². The van der Waals surface area contributed by atoms with Gasteiger partial charge < -0.3 is 15.2 Å². The molecule has 1 aromatic rings. The summed E-state index contributed by atoms with van der Waals surface area (Å²) in [6.07, 6.45) is 2.86. The minimum atomic E-state index is -0.773. The highest BCUT2D eigenvalue weighted by Gasteiger charge is 2.30. The third kappa shape index (κ3) is 5.27. The second kappa shape index (κ2) is 7.99. The number of ether oxygens (including phenoxy) is 1. The van der Waals surface area contributed by atoms with Crippen molar-refractivity contribution in [1.82, 2.24) is 5.32 Å². The molecule has 0 spiro atoms. The average molecular weight is 319 g/mol. The highest BCUT2D eigenvalue weighted by molar-refractivity contribution is 5.94. The van der Waals surface area contributed by atoms with Crippen molar-refractivity contribution in [2.24, 2.45) is 11.8 Å². The van der Waals surface area contributed by atoms with E-state index in [-0.39, 0.29) is 17.9 Å². The average Bonchev–Trinajstić information content (AvgIpc) is 2.96. The van der Waals surface area contributed by atoms with Gasteiger partial charge in [-0.25, -0.2) is 0 Å². The Labute approximate surface area is 137 Å². The van der Waals surface area contributed by atoms with Gasteiger partial charge >= 0.3 is 5.97 Å². The number of nitrogens with one attached hydrogen (secondary N) is 1. The lowest BCUT2D eigenvalue weighted by molar-refractivity contribution is -0.141. The number of amides is 1. The molecule has 2 N–H and O–H groups in total. The van der Waals surface area contributed by atoms with E-state index < -0.39 is 5.97 Å². The lowest BCUT2D eigenvalue weighted by Gasteiger charge is -2.13. The molecular formula is C18H25NO4. The summed E-state index contributed by atoms with van der Waals surface area (Å²) in [6.45, 7) is 4.96. The third-order valence-corrected chi connectivity index (χ3v) is 4.20. The van der Waals surface area contributed by atoms with Crippen LogP contribution in [0, 0.1) is 11.8 Å². The minimum Gasteiger partial charge on any atom is -0.494 e. The lowest BCUT2D eigenvalue weighted by Crippen LogP contribution is -2.33. The molecule has 1 amide bonds. The van der Waals surface area contributed by atoms with E-state index in [0.29, 0.717) is 30.9 Å². The van der Waals surface area contributed by atoms with Crippen LogP contribution in [0.3, 0.4) is 0 Å². The maximum atomic E-state index is 12.2. The molecule has 126 valence electrons. The normalized spacial score (nSPS) is 20.5. The Bertz CT molecular complexity index is 538. The van der Waals surface area contributed by atoms with Gasteiger partial charge in [0.1, 0.15) is 5.75 Å². The summed E-state index contributed by atoms with van der Waals surface area (Å²) < 4.78 is 5.63. The van der Waals surface area contributed by atoms with Crippen LogP contribution in [-0.2, 0) is 4.79 Å². The summed E-state index contributed by atoms with van der Waals surface area (Å²) in [7, 11) is 0. The van der Waals surface area contributed by atoms with Crippen LogP contribution in [0.1, 0.15) is 49.9 Å². The third-order valence-electron chi connectivity index (χ3n) is 4.20. The predicted octanol–water partition coefficient (Wildman–Crippen LogP) is 3.09. The first kappa shape index (κ1) is 17.3. The fraction of sp³-hybridized carbons (Fsp3) is 0.556. The van der Waals surface area contributed by atoms with Gasteiger partial charge in [0.2, 0.25) is 0 Å². The zero-order chi connectivity index (χ0) is 16.8. The maximum Gasteiger partial charge on any atom is 0.306 e. The Hall–Kier alpha value is -2.04. The van der Waals surface area contributed by atoms with E-state index in [9.17, 15) is 9.59 Å². The van der Waals surface area contributed by atoms with Crippen molar-refractivity contribution in [2.75, 3.05) is 6.61 Å². The molecular weight excluding hydrogens is 294 g/mol. The molecule has 0 unspecified atom stereocenters. The summed E-state index contributed by atoms with van der Waals surface area (Å²) in [5, 5.41) is 11.9. The number of benzene rings is 1. The topological polar surface area (TPSA) is 75.6 Å². The molecule has 0 heterocycles. The van der Waals surface area contributed by atoms with Crippen molar-refractivity contribution < 1.29 is 19.4 Å². The van der Waals surface area contributed by atoms with Crippen molar-refractivity contribution in [3.63, 3.8) is 0 Å². The standard InChI is InChI=1S/C18H25NO4/c1-12(2)9-10-23-16-7-4-13(5-8-16)17(20)19-15-6-3-14(11-15)18(21)22/h4-5,7-8,12,14-15H,3,6,9-11H2,1-2H3,(H,19,20)(H,21,22)/t14-,15+/m1/s1. The van der Waals surface area contributed by atoms with E-state index in [0.717, 1.165) is 18.6 Å². The molecule has 1 aliphatic rings. The van der Waals surface area contributed by atoms with Gasteiger partial charge in [-0.15, -0.1) is 0 Å². The first-order valence-electron chi connectivity index (χ1n) is 8.22. The number of rotatable bonds is 7. The van der Waals surface area contributed by atoms with Gasteiger partial charge in [-0.2, -0.15) is 0 Å². The van der Waals surface area contributed by atoms with Gasteiger partial charge in [-0.3, -0.25) is 9.59 Å². The van der Waals surface area contributed by atoms with Crippen LogP contribution < -0.4 is 10.1 Å². The smallest absolute Gasteiger partial charge is 0.306 e. The first-order valence-corrected chi connectivity index (χ1v) is 8.22. The lowest BCUT2D eigenvalue weighted by atomic mass is 10.1. The van der Waals surface area contributed by atoms with E-state index >= 15 is 0 Å². The Kier molecular flexibility index (Phi) is 6.02. The van der Waals surface area contributed by atoms with Crippen molar-refractivity contribution in [2.45, 2.75) is 45.6 Å². The molecule has 1 aliphatic carbocycles. The summed E-state index contributed by atoms with van der Waals surface area (Å²) in [5.74, 6) is 0.0894. The van der Waals surface area contributed by atoms with E-state index in [2.05, 4.69) is 19.2 Å². The molecule has 0 bridgehead atoms. The predicted molar refractivity (Wildman–Crippen MR) is 87.6 cm³/mol. The highest BCUT2D eigenvalue weighted by Crippen LogP contribution is 2.26. The van der Waals surface area contributed by atoms with Gasteiger partial charge in [0, 0.05) is 11.6 Å². The van der Waals surface area contributed by atoms with Crippen molar-refractivity contribution >= 4 is 11.9 Å². The summed E-state index contributed by atoms with van der Waals surface area (Å²) in [4.78, 5) is 23.1. The molecule has 5 heteroatoms. The van der Waals surface area contributed by atoms with Crippen LogP contribution in [0.15, 0.2) is 24.3 Å². The fourth-order valence-corrected chi connectivity index (χ4v) is 2.72. The molecule has 0 radical (unpaired) electrons. The number of carbonyl (C=O) groups excluding carboxylic acids is 1. The SMILES string of the molecule is CC(C)CCOc1ccc(C(=O)N[C@H]2CC[C@@H](C(=O)O)C2)cc1. The molecule has 2 atom stereocenters. The van der Waals surface area contributed by atoms with Gasteiger partial charge in [0.05, 0.1) is 12.5 Å². The number of carbonyl (C=O) groups is 2. The van der Waals surface area contributed by atoms with Crippen LogP contribution in [0.5, 0.6) is 5.75 Å². The number of carboxylic acid groups (broad SMARTS) is 1. The van der Waals surface area contributed by atoms with Crippen molar-refractivity contribution in [3.05, 3.63) is 29.8 Å². The quantitative estimate of drug-likeness (QED) is 0.810. The Balaban J connectivity index is 1.82. The zero-order valence-electron chi connectivity index (χ0n) is 13.7. The summed E-state index contributed by atoms with van der Waals surface area (Å²) >= 11 is 0. The minimum absolute atomic E-state index is 0.0504. The van der Waals surface area contributed by atoms with Crippen LogP contribution in [-0.4, -0.2) is 29.6 Å². The summed E-state index contributed by atoms with van der Waals surface area (Å²) in [5.41, 5.74) is 0.569. The van der Waals surface area contributed by atoms with Gasteiger partial charge in [-0.05, 0) is 55.9 Å². The molecule has 1 saturated carbocycles. The Morgan fingerprint density at radius 3 is 2.52 bits per heavy atom. The molecule has 0 saturated heterocycles. The van der Waals surface area contributed by atoms with Crippen molar-refractivity contribution in [1.29, 1.82) is 0 Å². The molecule has 2 rings (SSSR count). The van der Waals surface area contributed by atoms with Crippen LogP contribution >= 0.6 is 0 Å². The highest BCUT2D eigenvalue weighted by atomic mass is 16.5. The van der Waals surface area contributed by atoms with E-state index in [4.69, 9.17) is 9.84 Å². The molecule has 1 aromatic carbocycles. The van der Waals surface area contributed by atoms with E-state index in [1.807, 2.05) is 0 Å². The van der Waals surface area contributed by atoms with Crippen molar-refractivity contribution in [3.8, 4) is 5.75 Å². The van der Waals surface area contributed by atoms with Crippen LogP contribution in [0.4, 0.5) is 0 Å². The maximum absolute atomic E-state index is 12.2. The van der Waals surface area contributed by atoms with Gasteiger partial charge in [-0.1, -0.05) is 13.8 Å². The van der Waals surface area contributed by atoms with Crippen LogP contribution in [0.2, 0.25) is 0 Å².